The van der Waals surface area contributed by atoms with Gasteiger partial charge in [-0.3, -0.25) is 4.79 Å². The molecule has 19 heavy (non-hydrogen) atoms. The lowest BCUT2D eigenvalue weighted by Gasteiger charge is -2.18. The second kappa shape index (κ2) is 6.19. The maximum absolute atomic E-state index is 12.2. The molecule has 0 radical (unpaired) electrons. The van der Waals surface area contributed by atoms with Crippen molar-refractivity contribution in [2.75, 3.05) is 0 Å². The van der Waals surface area contributed by atoms with Crippen LogP contribution in [-0.4, -0.2) is 5.91 Å². The molecule has 98 valence electrons. The highest BCUT2D eigenvalue weighted by atomic mass is 16.1. The molecule has 1 N–H and O–H groups in total. The Morgan fingerprint density at radius 2 is 1.32 bits per heavy atom. The van der Waals surface area contributed by atoms with E-state index in [1.807, 2.05) is 74.5 Å². The van der Waals surface area contributed by atoms with Gasteiger partial charge in [0.1, 0.15) is 0 Å². The van der Waals surface area contributed by atoms with Crippen molar-refractivity contribution in [3.8, 4) is 0 Å². The highest BCUT2D eigenvalue weighted by Gasteiger charge is 2.17. The maximum Gasteiger partial charge on any atom is 0.227 e. The van der Waals surface area contributed by atoms with Crippen LogP contribution in [0.2, 0.25) is 0 Å². The third-order valence-electron chi connectivity index (χ3n) is 3.35. The first-order valence-corrected chi connectivity index (χ1v) is 6.58. The normalized spacial score (nSPS) is 13.6. The van der Waals surface area contributed by atoms with E-state index in [1.54, 1.807) is 0 Å². The average Bonchev–Trinajstić information content (AvgIpc) is 2.48. The molecule has 2 aromatic carbocycles. The summed E-state index contributed by atoms with van der Waals surface area (Å²) in [5.74, 6) is -0.0742. The summed E-state index contributed by atoms with van der Waals surface area (Å²) < 4.78 is 0. The van der Waals surface area contributed by atoms with E-state index in [4.69, 9.17) is 0 Å². The van der Waals surface area contributed by atoms with Crippen LogP contribution >= 0.6 is 0 Å². The van der Waals surface area contributed by atoms with Crippen molar-refractivity contribution in [2.24, 2.45) is 0 Å². The van der Waals surface area contributed by atoms with Crippen molar-refractivity contribution in [3.05, 3.63) is 71.8 Å². The molecular weight excluding hydrogens is 234 g/mol. The van der Waals surface area contributed by atoms with Crippen molar-refractivity contribution in [3.63, 3.8) is 0 Å². The smallest absolute Gasteiger partial charge is 0.227 e. The molecule has 1 amide bonds. The lowest BCUT2D eigenvalue weighted by molar-refractivity contribution is -0.122. The molecule has 0 aliphatic heterocycles. The van der Waals surface area contributed by atoms with Crippen LogP contribution in [0.4, 0.5) is 0 Å². The van der Waals surface area contributed by atoms with Gasteiger partial charge in [-0.15, -0.1) is 0 Å². The molecule has 0 aliphatic carbocycles. The molecular formula is C17H19NO. The molecule has 2 nitrogen and oxygen atoms in total. The zero-order valence-corrected chi connectivity index (χ0v) is 11.3. The monoisotopic (exact) mass is 253 g/mol. The largest absolute Gasteiger partial charge is 0.349 e. The molecule has 0 saturated heterocycles. The van der Waals surface area contributed by atoms with Gasteiger partial charge in [-0.2, -0.15) is 0 Å². The second-order valence-electron chi connectivity index (χ2n) is 4.77. The van der Waals surface area contributed by atoms with E-state index in [1.165, 1.54) is 0 Å². The van der Waals surface area contributed by atoms with E-state index in [0.717, 1.165) is 11.1 Å². The Morgan fingerprint density at radius 3 is 1.84 bits per heavy atom. The molecule has 0 heterocycles. The molecule has 0 fully saturated rings. The van der Waals surface area contributed by atoms with Crippen molar-refractivity contribution >= 4 is 5.91 Å². The summed E-state index contributed by atoms with van der Waals surface area (Å²) >= 11 is 0. The molecule has 2 aromatic rings. The molecule has 0 unspecified atom stereocenters. The highest BCUT2D eigenvalue weighted by molar-refractivity contribution is 5.83. The molecule has 2 heteroatoms. The summed E-state index contributed by atoms with van der Waals surface area (Å²) in [5.41, 5.74) is 2.16. The van der Waals surface area contributed by atoms with Crippen LogP contribution in [0.25, 0.3) is 0 Å². The fourth-order valence-electron chi connectivity index (χ4n) is 2.06. The SMILES string of the molecule is C[C@H](NC(=O)[C@@H](C)c1ccccc1)c1ccccc1. The third kappa shape index (κ3) is 3.44. The van der Waals surface area contributed by atoms with Gasteiger partial charge in [0.15, 0.2) is 0 Å². The van der Waals surface area contributed by atoms with Crippen LogP contribution in [0, 0.1) is 0 Å². The Labute approximate surface area is 114 Å². The minimum atomic E-state index is -0.132. The van der Waals surface area contributed by atoms with Crippen LogP contribution in [0.1, 0.15) is 36.9 Å². The molecule has 0 spiro atoms. The van der Waals surface area contributed by atoms with Crippen LogP contribution in [-0.2, 0) is 4.79 Å². The summed E-state index contributed by atoms with van der Waals surface area (Å²) in [6.07, 6.45) is 0. The summed E-state index contributed by atoms with van der Waals surface area (Å²) in [7, 11) is 0. The number of amides is 1. The van der Waals surface area contributed by atoms with E-state index in [9.17, 15) is 4.79 Å². The number of carbonyl (C=O) groups excluding carboxylic acids is 1. The second-order valence-corrected chi connectivity index (χ2v) is 4.77. The van der Waals surface area contributed by atoms with Crippen molar-refractivity contribution in [1.29, 1.82) is 0 Å². The third-order valence-corrected chi connectivity index (χ3v) is 3.35. The van der Waals surface area contributed by atoms with Gasteiger partial charge < -0.3 is 5.32 Å². The fourth-order valence-corrected chi connectivity index (χ4v) is 2.06. The molecule has 0 saturated carbocycles. The fraction of sp³-hybridized carbons (Fsp3) is 0.235. The molecule has 2 rings (SSSR count). The lowest BCUT2D eigenvalue weighted by atomic mass is 9.99. The van der Waals surface area contributed by atoms with Gasteiger partial charge >= 0.3 is 0 Å². The molecule has 0 aromatic heterocycles. The van der Waals surface area contributed by atoms with Crippen LogP contribution in [0.3, 0.4) is 0 Å². The summed E-state index contributed by atoms with van der Waals surface area (Å²) in [6.45, 7) is 3.94. The first kappa shape index (κ1) is 13.3. The van der Waals surface area contributed by atoms with Gasteiger partial charge in [0, 0.05) is 0 Å². The van der Waals surface area contributed by atoms with E-state index >= 15 is 0 Å². The number of hydrogen-bond acceptors (Lipinski definition) is 1. The summed E-state index contributed by atoms with van der Waals surface area (Å²) in [6, 6.07) is 19.9. The predicted octanol–water partition coefficient (Wildman–Crippen LogP) is 3.67. The summed E-state index contributed by atoms with van der Waals surface area (Å²) in [4.78, 5) is 12.2. The Balaban J connectivity index is 2.02. The number of nitrogens with one attached hydrogen (secondary N) is 1. The van der Waals surface area contributed by atoms with Crippen molar-refractivity contribution < 1.29 is 4.79 Å². The number of rotatable bonds is 4. The summed E-state index contributed by atoms with van der Waals surface area (Å²) in [5, 5.41) is 3.06. The van der Waals surface area contributed by atoms with Gasteiger partial charge in [-0.25, -0.2) is 0 Å². The minimum Gasteiger partial charge on any atom is -0.349 e. The van der Waals surface area contributed by atoms with Gasteiger partial charge in [0.2, 0.25) is 5.91 Å². The minimum absolute atomic E-state index is 0.0277. The molecule has 2 atom stereocenters. The highest BCUT2D eigenvalue weighted by Crippen LogP contribution is 2.17. The molecule has 0 aliphatic rings. The quantitative estimate of drug-likeness (QED) is 0.885. The van der Waals surface area contributed by atoms with Crippen LogP contribution in [0.5, 0.6) is 0 Å². The van der Waals surface area contributed by atoms with Gasteiger partial charge in [0.05, 0.1) is 12.0 Å². The Hall–Kier alpha value is -2.09. The Kier molecular flexibility index (Phi) is 4.35. The van der Waals surface area contributed by atoms with E-state index in [-0.39, 0.29) is 17.9 Å². The Bertz CT molecular complexity index is 521. The standard InChI is InChI=1S/C17H19NO/c1-13(15-9-5-3-6-10-15)17(19)18-14(2)16-11-7-4-8-12-16/h3-14H,1-2H3,(H,18,19)/t13-,14-/m0/s1. The van der Waals surface area contributed by atoms with E-state index in [0.29, 0.717) is 0 Å². The zero-order valence-electron chi connectivity index (χ0n) is 11.3. The maximum atomic E-state index is 12.2. The van der Waals surface area contributed by atoms with Gasteiger partial charge in [0.25, 0.3) is 0 Å². The van der Waals surface area contributed by atoms with Crippen molar-refractivity contribution in [1.82, 2.24) is 5.32 Å². The van der Waals surface area contributed by atoms with Gasteiger partial charge in [-0.05, 0) is 25.0 Å². The Morgan fingerprint density at radius 1 is 0.842 bits per heavy atom. The number of hydrogen-bond donors (Lipinski definition) is 1. The average molecular weight is 253 g/mol. The molecule has 0 bridgehead atoms. The first-order valence-electron chi connectivity index (χ1n) is 6.58. The number of benzene rings is 2. The van der Waals surface area contributed by atoms with Crippen LogP contribution < -0.4 is 5.32 Å². The van der Waals surface area contributed by atoms with Crippen LogP contribution in [0.15, 0.2) is 60.7 Å². The number of carbonyl (C=O) groups is 1. The zero-order chi connectivity index (χ0) is 13.7. The van der Waals surface area contributed by atoms with E-state index < -0.39 is 0 Å². The first-order chi connectivity index (χ1) is 9.18. The topological polar surface area (TPSA) is 29.1 Å². The lowest BCUT2D eigenvalue weighted by Crippen LogP contribution is -2.30. The van der Waals surface area contributed by atoms with Crippen molar-refractivity contribution in [2.45, 2.75) is 25.8 Å². The predicted molar refractivity (Wildman–Crippen MR) is 77.9 cm³/mol. The van der Waals surface area contributed by atoms with E-state index in [2.05, 4.69) is 5.32 Å². The van der Waals surface area contributed by atoms with Gasteiger partial charge in [-0.1, -0.05) is 60.7 Å².